The van der Waals surface area contributed by atoms with Crippen molar-refractivity contribution in [2.24, 2.45) is 0 Å². The van der Waals surface area contributed by atoms with Gasteiger partial charge in [0.15, 0.2) is 11.0 Å². The zero-order valence-corrected chi connectivity index (χ0v) is 14.9. The van der Waals surface area contributed by atoms with E-state index in [-0.39, 0.29) is 11.9 Å². The van der Waals surface area contributed by atoms with Crippen molar-refractivity contribution in [2.75, 3.05) is 19.2 Å². The lowest BCUT2D eigenvalue weighted by molar-refractivity contribution is -0.130. The molecule has 2 heterocycles. The molecule has 1 aliphatic rings. The molecule has 5 nitrogen and oxygen atoms in total. The summed E-state index contributed by atoms with van der Waals surface area (Å²) in [5, 5.41) is 9.51. The van der Waals surface area contributed by atoms with Gasteiger partial charge in [0.1, 0.15) is 12.6 Å². The molecule has 0 unspecified atom stereocenters. The predicted octanol–water partition coefficient (Wildman–Crippen LogP) is 3.93. The van der Waals surface area contributed by atoms with Crippen LogP contribution in [0.15, 0.2) is 59.8 Å². The van der Waals surface area contributed by atoms with E-state index in [0.717, 1.165) is 34.4 Å². The number of rotatable bonds is 5. The van der Waals surface area contributed by atoms with Crippen LogP contribution in [0.1, 0.15) is 6.42 Å². The van der Waals surface area contributed by atoms with Crippen molar-refractivity contribution in [1.82, 2.24) is 14.8 Å². The van der Waals surface area contributed by atoms with Crippen molar-refractivity contribution < 1.29 is 13.9 Å². The van der Waals surface area contributed by atoms with Crippen molar-refractivity contribution in [3.05, 3.63) is 60.4 Å². The largest absolute Gasteiger partial charge is 0.355 e. The molecular formula is C19H18FN3O2S. The number of aromatic nitrogens is 3. The van der Waals surface area contributed by atoms with E-state index in [1.54, 1.807) is 23.9 Å². The summed E-state index contributed by atoms with van der Waals surface area (Å²) in [6, 6.07) is 16.2. The first kappa shape index (κ1) is 17.2. The minimum atomic E-state index is -0.270. The molecule has 0 spiro atoms. The average Bonchev–Trinajstić information content (AvgIpc) is 3.12. The molecule has 0 aliphatic carbocycles. The molecule has 4 rings (SSSR count). The highest BCUT2D eigenvalue weighted by atomic mass is 32.2. The van der Waals surface area contributed by atoms with E-state index in [2.05, 4.69) is 10.2 Å². The Morgan fingerprint density at radius 1 is 1.08 bits per heavy atom. The van der Waals surface area contributed by atoms with Crippen molar-refractivity contribution in [1.29, 1.82) is 0 Å². The maximum absolute atomic E-state index is 13.4. The Balaban J connectivity index is 1.67. The fourth-order valence-corrected chi connectivity index (χ4v) is 3.78. The zero-order valence-electron chi connectivity index (χ0n) is 14.0. The highest BCUT2D eigenvalue weighted by Gasteiger charge is 2.19. The third kappa shape index (κ3) is 3.80. The first-order valence-corrected chi connectivity index (χ1v) is 9.39. The van der Waals surface area contributed by atoms with E-state index in [1.165, 1.54) is 12.1 Å². The van der Waals surface area contributed by atoms with Gasteiger partial charge in [-0.1, -0.05) is 42.1 Å². The minimum Gasteiger partial charge on any atom is -0.355 e. The number of hydrogen-bond acceptors (Lipinski definition) is 5. The molecule has 26 heavy (non-hydrogen) atoms. The molecule has 0 radical (unpaired) electrons. The molecule has 2 aromatic carbocycles. The third-order valence-electron chi connectivity index (χ3n) is 4.12. The van der Waals surface area contributed by atoms with Gasteiger partial charge >= 0.3 is 0 Å². The lowest BCUT2D eigenvalue weighted by Crippen LogP contribution is -2.25. The van der Waals surface area contributed by atoms with E-state index >= 15 is 0 Å². The van der Waals surface area contributed by atoms with Crippen LogP contribution in [-0.4, -0.2) is 40.0 Å². The van der Waals surface area contributed by atoms with Gasteiger partial charge in [0.2, 0.25) is 0 Å². The highest BCUT2D eigenvalue weighted by Crippen LogP contribution is 2.29. The topological polar surface area (TPSA) is 49.2 Å². The molecule has 0 N–H and O–H groups in total. The average molecular weight is 371 g/mol. The van der Waals surface area contributed by atoms with E-state index in [4.69, 9.17) is 9.47 Å². The van der Waals surface area contributed by atoms with Gasteiger partial charge in [-0.2, -0.15) is 0 Å². The predicted molar refractivity (Wildman–Crippen MR) is 97.8 cm³/mol. The van der Waals surface area contributed by atoms with Gasteiger partial charge in [-0.15, -0.1) is 10.2 Å². The summed E-state index contributed by atoms with van der Waals surface area (Å²) in [6.07, 6.45) is 0.996. The van der Waals surface area contributed by atoms with Crippen LogP contribution in [0, 0.1) is 5.82 Å². The Kier molecular flexibility index (Phi) is 5.29. The van der Waals surface area contributed by atoms with Crippen LogP contribution in [0.3, 0.4) is 0 Å². The van der Waals surface area contributed by atoms with E-state index in [1.807, 2.05) is 34.9 Å². The maximum Gasteiger partial charge on any atom is 0.196 e. The Bertz CT molecular complexity index is 849. The summed E-state index contributed by atoms with van der Waals surface area (Å²) >= 11 is 1.58. The number of benzene rings is 2. The monoisotopic (exact) mass is 371 g/mol. The Labute approximate surface area is 155 Å². The van der Waals surface area contributed by atoms with Crippen molar-refractivity contribution in [3.63, 3.8) is 0 Å². The van der Waals surface area contributed by atoms with Gasteiger partial charge in [0, 0.05) is 17.0 Å². The Hall–Kier alpha value is -2.22. The molecule has 1 atom stereocenters. The first-order valence-electron chi connectivity index (χ1n) is 8.40. The van der Waals surface area contributed by atoms with Crippen molar-refractivity contribution in [2.45, 2.75) is 17.7 Å². The summed E-state index contributed by atoms with van der Waals surface area (Å²) < 4.78 is 26.1. The molecule has 7 heteroatoms. The second-order valence-electron chi connectivity index (χ2n) is 5.90. The quantitative estimate of drug-likeness (QED) is 0.636. The number of thioether (sulfide) groups is 1. The molecule has 3 aromatic rings. The number of nitrogens with zero attached hydrogens (tertiary/aromatic N) is 3. The standard InChI is InChI=1S/C19H18FN3O2S/c20-15-6-8-16(9-7-15)23-18(14-4-2-1-3-5-14)21-22-19(23)26-12-17-10-11-24-13-25-17/h1-9,17H,10-13H2/t17-/m0/s1. The number of halogens is 1. The van der Waals surface area contributed by atoms with Crippen LogP contribution >= 0.6 is 11.8 Å². The Morgan fingerprint density at radius 2 is 1.88 bits per heavy atom. The number of hydrogen-bond donors (Lipinski definition) is 0. The Morgan fingerprint density at radius 3 is 2.62 bits per heavy atom. The van der Waals surface area contributed by atoms with Gasteiger partial charge in [-0.05, 0) is 30.7 Å². The van der Waals surface area contributed by atoms with Gasteiger partial charge < -0.3 is 9.47 Å². The van der Waals surface area contributed by atoms with Crippen LogP contribution in [0.4, 0.5) is 4.39 Å². The van der Waals surface area contributed by atoms with E-state index < -0.39 is 0 Å². The van der Waals surface area contributed by atoms with Crippen molar-refractivity contribution >= 4 is 11.8 Å². The van der Waals surface area contributed by atoms with Gasteiger partial charge in [-0.25, -0.2) is 4.39 Å². The lowest BCUT2D eigenvalue weighted by atomic mass is 10.2. The van der Waals surface area contributed by atoms with Crippen LogP contribution < -0.4 is 0 Å². The molecule has 1 saturated heterocycles. The molecule has 0 amide bonds. The number of ether oxygens (including phenoxy) is 2. The fraction of sp³-hybridized carbons (Fsp3) is 0.263. The third-order valence-corrected chi connectivity index (χ3v) is 5.18. The molecule has 1 fully saturated rings. The summed E-state index contributed by atoms with van der Waals surface area (Å²) in [7, 11) is 0. The molecule has 0 bridgehead atoms. The maximum atomic E-state index is 13.4. The second kappa shape index (κ2) is 7.99. The fourth-order valence-electron chi connectivity index (χ4n) is 2.76. The zero-order chi connectivity index (χ0) is 17.8. The van der Waals surface area contributed by atoms with Crippen LogP contribution in [-0.2, 0) is 9.47 Å². The van der Waals surface area contributed by atoms with Gasteiger partial charge in [0.25, 0.3) is 0 Å². The van der Waals surface area contributed by atoms with Crippen LogP contribution in [0.25, 0.3) is 17.1 Å². The summed E-state index contributed by atoms with van der Waals surface area (Å²) in [5.41, 5.74) is 1.78. The van der Waals surface area contributed by atoms with Gasteiger partial charge in [-0.3, -0.25) is 4.57 Å². The minimum absolute atomic E-state index is 0.132. The summed E-state index contributed by atoms with van der Waals surface area (Å²) in [6.45, 7) is 1.05. The van der Waals surface area contributed by atoms with Crippen LogP contribution in [0.2, 0.25) is 0 Å². The summed E-state index contributed by atoms with van der Waals surface area (Å²) in [4.78, 5) is 0. The molecular weight excluding hydrogens is 353 g/mol. The lowest BCUT2D eigenvalue weighted by Gasteiger charge is -2.22. The van der Waals surface area contributed by atoms with Gasteiger partial charge in [0.05, 0.1) is 12.7 Å². The first-order chi connectivity index (χ1) is 12.8. The highest BCUT2D eigenvalue weighted by molar-refractivity contribution is 7.99. The molecule has 1 aromatic heterocycles. The van der Waals surface area contributed by atoms with E-state index in [9.17, 15) is 4.39 Å². The van der Waals surface area contributed by atoms with Crippen molar-refractivity contribution in [3.8, 4) is 17.1 Å². The smallest absolute Gasteiger partial charge is 0.196 e. The SMILES string of the molecule is Fc1ccc(-n2c(SC[C@@H]3CCOCO3)nnc2-c2ccccc2)cc1. The molecule has 0 saturated carbocycles. The summed E-state index contributed by atoms with van der Waals surface area (Å²) in [5.74, 6) is 1.22. The second-order valence-corrected chi connectivity index (χ2v) is 6.89. The molecule has 1 aliphatic heterocycles. The van der Waals surface area contributed by atoms with E-state index in [0.29, 0.717) is 13.4 Å². The normalized spacial score (nSPS) is 17.3. The van der Waals surface area contributed by atoms with Crippen LogP contribution in [0.5, 0.6) is 0 Å². The molecule has 134 valence electrons.